The number of hydrogen-bond donors (Lipinski definition) is 2. The van der Waals surface area contributed by atoms with E-state index < -0.39 is 27.2 Å². The molecule has 0 aliphatic heterocycles. The molecule has 3 rings (SSSR count). The molecule has 0 radical (unpaired) electrons. The summed E-state index contributed by atoms with van der Waals surface area (Å²) in [5.41, 5.74) is -0.893. The molecule has 146 valence electrons. The van der Waals surface area contributed by atoms with Crippen LogP contribution in [0.4, 0.5) is 5.69 Å². The van der Waals surface area contributed by atoms with Crippen molar-refractivity contribution < 1.29 is 18.3 Å². The summed E-state index contributed by atoms with van der Waals surface area (Å²) in [4.78, 5) is 35.0. The Hall–Kier alpha value is -3.11. The Morgan fingerprint density at radius 3 is 2.36 bits per heavy atom. The Balaban J connectivity index is 2.07. The first kappa shape index (κ1) is 19.6. The maximum Gasteiger partial charge on any atom is 0.337 e. The van der Waals surface area contributed by atoms with Crippen molar-refractivity contribution in [1.82, 2.24) is 9.13 Å². The van der Waals surface area contributed by atoms with Crippen LogP contribution in [0.2, 0.25) is 5.02 Å². The van der Waals surface area contributed by atoms with Crippen molar-refractivity contribution in [2.24, 2.45) is 14.1 Å². The number of benzene rings is 2. The summed E-state index contributed by atoms with van der Waals surface area (Å²) in [6.07, 6.45) is 0. The minimum absolute atomic E-state index is 0.120. The molecule has 2 N–H and O–H groups in total. The number of rotatable bonds is 4. The zero-order valence-corrected chi connectivity index (χ0v) is 16.2. The Bertz CT molecular complexity index is 1360. The number of nitrogens with one attached hydrogen (secondary N) is 1. The lowest BCUT2D eigenvalue weighted by Gasteiger charge is -2.12. The first-order valence-electron chi connectivity index (χ1n) is 7.78. The van der Waals surface area contributed by atoms with Gasteiger partial charge >= 0.3 is 11.7 Å². The summed E-state index contributed by atoms with van der Waals surface area (Å²) in [5, 5.41) is 9.01. The Morgan fingerprint density at radius 1 is 1.07 bits per heavy atom. The van der Waals surface area contributed by atoms with Gasteiger partial charge in [-0.25, -0.2) is 18.0 Å². The predicted octanol–water partition coefficient (Wildman–Crippen LogP) is 1.39. The second kappa shape index (κ2) is 6.80. The third-order valence-corrected chi connectivity index (χ3v) is 5.89. The van der Waals surface area contributed by atoms with Crippen molar-refractivity contribution in [3.8, 4) is 0 Å². The SMILES string of the molecule is Cn1c(=O)c2ccc(NS(=O)(=O)c3ccc(C(=O)O)c(Cl)c3)cc2n(C)c1=O. The van der Waals surface area contributed by atoms with Gasteiger partial charge in [0, 0.05) is 14.1 Å². The van der Waals surface area contributed by atoms with E-state index in [2.05, 4.69) is 4.72 Å². The maximum atomic E-state index is 12.6. The van der Waals surface area contributed by atoms with E-state index in [9.17, 15) is 22.8 Å². The van der Waals surface area contributed by atoms with E-state index >= 15 is 0 Å². The average Bonchev–Trinajstić information content (AvgIpc) is 2.63. The lowest BCUT2D eigenvalue weighted by molar-refractivity contribution is 0.0697. The van der Waals surface area contributed by atoms with Gasteiger partial charge in [-0.15, -0.1) is 0 Å². The fourth-order valence-corrected chi connectivity index (χ4v) is 4.10. The minimum atomic E-state index is -4.09. The molecule has 28 heavy (non-hydrogen) atoms. The largest absolute Gasteiger partial charge is 0.478 e. The second-order valence-electron chi connectivity index (χ2n) is 5.99. The van der Waals surface area contributed by atoms with Gasteiger partial charge in [-0.1, -0.05) is 11.6 Å². The van der Waals surface area contributed by atoms with Crippen molar-refractivity contribution in [2.45, 2.75) is 4.90 Å². The van der Waals surface area contributed by atoms with Crippen LogP contribution in [0.3, 0.4) is 0 Å². The quantitative estimate of drug-likeness (QED) is 0.652. The van der Waals surface area contributed by atoms with Crippen LogP contribution in [0.1, 0.15) is 10.4 Å². The number of carbonyl (C=O) groups is 1. The predicted molar refractivity (Wildman–Crippen MR) is 104 cm³/mol. The van der Waals surface area contributed by atoms with Crippen LogP contribution in [0.15, 0.2) is 50.9 Å². The summed E-state index contributed by atoms with van der Waals surface area (Å²) in [5.74, 6) is -1.28. The van der Waals surface area contributed by atoms with E-state index in [-0.39, 0.29) is 32.1 Å². The van der Waals surface area contributed by atoms with Crippen molar-refractivity contribution in [2.75, 3.05) is 4.72 Å². The number of halogens is 1. The molecule has 1 heterocycles. The van der Waals surface area contributed by atoms with E-state index in [0.717, 1.165) is 22.8 Å². The molecule has 0 aliphatic carbocycles. The Morgan fingerprint density at radius 2 is 1.75 bits per heavy atom. The minimum Gasteiger partial charge on any atom is -0.478 e. The molecular weight excluding hydrogens is 410 g/mol. The third kappa shape index (κ3) is 3.27. The van der Waals surface area contributed by atoms with Crippen LogP contribution in [-0.2, 0) is 24.1 Å². The molecule has 0 aliphatic rings. The number of carboxylic acid groups (broad SMARTS) is 1. The molecule has 0 spiro atoms. The molecule has 9 nitrogen and oxygen atoms in total. The molecule has 0 fully saturated rings. The van der Waals surface area contributed by atoms with Crippen LogP contribution in [0, 0.1) is 0 Å². The maximum absolute atomic E-state index is 12.6. The van der Waals surface area contributed by atoms with Gasteiger partial charge in [-0.3, -0.25) is 18.7 Å². The van der Waals surface area contributed by atoms with Gasteiger partial charge < -0.3 is 5.11 Å². The summed E-state index contributed by atoms with van der Waals surface area (Å²) >= 11 is 5.83. The topological polar surface area (TPSA) is 127 Å². The standard InChI is InChI=1S/C17H14ClN3O6S/c1-20-14-7-9(3-5-12(14)15(22)21(2)17(20)25)19-28(26,27)10-4-6-11(16(23)24)13(18)8-10/h3-8,19H,1-2H3,(H,23,24). The van der Waals surface area contributed by atoms with Crippen LogP contribution in [0.5, 0.6) is 0 Å². The van der Waals surface area contributed by atoms with Crippen LogP contribution >= 0.6 is 11.6 Å². The smallest absolute Gasteiger partial charge is 0.337 e. The molecule has 0 saturated carbocycles. The highest BCUT2D eigenvalue weighted by atomic mass is 35.5. The fourth-order valence-electron chi connectivity index (χ4n) is 2.70. The zero-order chi connectivity index (χ0) is 20.8. The monoisotopic (exact) mass is 423 g/mol. The summed E-state index contributed by atoms with van der Waals surface area (Å²) in [6, 6.07) is 7.40. The van der Waals surface area contributed by atoms with Crippen molar-refractivity contribution in [3.63, 3.8) is 0 Å². The van der Waals surface area contributed by atoms with Gasteiger partial charge in [0.15, 0.2) is 0 Å². The van der Waals surface area contributed by atoms with E-state index in [1.54, 1.807) is 0 Å². The van der Waals surface area contributed by atoms with Crippen LogP contribution in [-0.4, -0.2) is 28.6 Å². The summed E-state index contributed by atoms with van der Waals surface area (Å²) in [7, 11) is -1.27. The van der Waals surface area contributed by atoms with E-state index in [1.165, 1.54) is 36.9 Å². The number of aromatic nitrogens is 2. The molecule has 0 unspecified atom stereocenters. The van der Waals surface area contributed by atoms with Gasteiger partial charge in [0.2, 0.25) is 0 Å². The first-order chi connectivity index (χ1) is 13.0. The number of anilines is 1. The molecular formula is C17H14ClN3O6S. The van der Waals surface area contributed by atoms with Crippen molar-refractivity contribution in [1.29, 1.82) is 0 Å². The molecule has 0 bridgehead atoms. The number of carboxylic acids is 1. The Labute approximate surface area is 163 Å². The number of fused-ring (bicyclic) bond motifs is 1. The molecule has 0 atom stereocenters. The number of hydrogen-bond acceptors (Lipinski definition) is 5. The molecule has 0 amide bonds. The molecule has 2 aromatic carbocycles. The van der Waals surface area contributed by atoms with Crippen LogP contribution in [0.25, 0.3) is 10.9 Å². The Kier molecular flexibility index (Phi) is 4.77. The molecule has 0 saturated heterocycles. The van der Waals surface area contributed by atoms with Gasteiger partial charge in [0.05, 0.1) is 32.1 Å². The number of aromatic carboxylic acids is 1. The van der Waals surface area contributed by atoms with E-state index in [1.807, 2.05) is 0 Å². The van der Waals surface area contributed by atoms with Crippen LogP contribution < -0.4 is 16.0 Å². The van der Waals surface area contributed by atoms with Gasteiger partial charge in [0.1, 0.15) is 0 Å². The highest BCUT2D eigenvalue weighted by molar-refractivity contribution is 7.92. The number of nitrogens with zero attached hydrogens (tertiary/aromatic N) is 2. The zero-order valence-electron chi connectivity index (χ0n) is 14.6. The van der Waals surface area contributed by atoms with E-state index in [0.29, 0.717) is 0 Å². The van der Waals surface area contributed by atoms with Crippen molar-refractivity contribution in [3.05, 3.63) is 67.8 Å². The second-order valence-corrected chi connectivity index (χ2v) is 8.08. The fraction of sp³-hybridized carbons (Fsp3) is 0.118. The number of aryl methyl sites for hydroxylation is 1. The summed E-state index contributed by atoms with van der Waals surface area (Å²) in [6.45, 7) is 0. The van der Waals surface area contributed by atoms with Gasteiger partial charge in [-0.2, -0.15) is 0 Å². The third-order valence-electron chi connectivity index (χ3n) is 4.20. The highest BCUT2D eigenvalue weighted by Crippen LogP contribution is 2.24. The molecule has 11 heteroatoms. The summed E-state index contributed by atoms with van der Waals surface area (Å²) < 4.78 is 29.7. The first-order valence-corrected chi connectivity index (χ1v) is 9.64. The lowest BCUT2D eigenvalue weighted by Crippen LogP contribution is -2.36. The molecule has 1 aromatic heterocycles. The molecule has 3 aromatic rings. The van der Waals surface area contributed by atoms with E-state index in [4.69, 9.17) is 16.7 Å². The normalized spacial score (nSPS) is 11.5. The lowest BCUT2D eigenvalue weighted by atomic mass is 10.2. The number of sulfonamides is 1. The van der Waals surface area contributed by atoms with Crippen molar-refractivity contribution >= 4 is 44.2 Å². The average molecular weight is 424 g/mol. The van der Waals surface area contributed by atoms with Gasteiger partial charge in [0.25, 0.3) is 15.6 Å². The highest BCUT2D eigenvalue weighted by Gasteiger charge is 2.19. The van der Waals surface area contributed by atoms with Gasteiger partial charge in [-0.05, 0) is 36.4 Å².